The van der Waals surface area contributed by atoms with Gasteiger partial charge in [0, 0.05) is 6.92 Å². The zero-order valence-corrected chi connectivity index (χ0v) is 7.63. The van der Waals surface area contributed by atoms with E-state index in [-0.39, 0.29) is 12.2 Å². The molecule has 0 aliphatic heterocycles. The fourth-order valence-corrected chi connectivity index (χ4v) is 0.764. The summed E-state index contributed by atoms with van der Waals surface area (Å²) in [5.41, 5.74) is 0. The molecule has 3 heteroatoms. The van der Waals surface area contributed by atoms with Crippen LogP contribution in [0.5, 0.6) is 0 Å². The molecule has 67 valence electrons. The van der Waals surface area contributed by atoms with E-state index in [1.165, 1.54) is 0 Å². The van der Waals surface area contributed by atoms with Crippen molar-refractivity contribution in [1.82, 2.24) is 0 Å². The smallest absolute Gasteiger partial charge is 0.281 e. The maximum atomic E-state index is 9.30. The first-order valence-electron chi connectivity index (χ1n) is 3.77. The van der Waals surface area contributed by atoms with Crippen LogP contribution in [0.4, 0.5) is 0 Å². The highest BCUT2D eigenvalue weighted by molar-refractivity contribution is 4.59. The number of hydrogen-bond acceptors (Lipinski definition) is 3. The third-order valence-corrected chi connectivity index (χ3v) is 0.840. The lowest BCUT2D eigenvalue weighted by Gasteiger charge is -2.27. The molecule has 0 saturated heterocycles. The van der Waals surface area contributed by atoms with Crippen LogP contribution in [0.2, 0.25) is 0 Å². The van der Waals surface area contributed by atoms with Gasteiger partial charge in [-0.25, -0.2) is 0 Å². The Kier molecular flexibility index (Phi) is 4.00. The van der Waals surface area contributed by atoms with Gasteiger partial charge in [0.25, 0.3) is 5.97 Å². The highest BCUT2D eigenvalue weighted by atomic mass is 16.8. The van der Waals surface area contributed by atoms with Gasteiger partial charge >= 0.3 is 0 Å². The number of aliphatic hydroxyl groups is 1. The van der Waals surface area contributed by atoms with Gasteiger partial charge in [-0.15, -0.1) is 0 Å². The van der Waals surface area contributed by atoms with E-state index < -0.39 is 5.97 Å². The topological polar surface area (TPSA) is 38.7 Å². The van der Waals surface area contributed by atoms with E-state index in [2.05, 4.69) is 6.92 Å². The molecule has 0 heterocycles. The Morgan fingerprint density at radius 1 is 1.09 bits per heavy atom. The van der Waals surface area contributed by atoms with Gasteiger partial charge in [-0.2, -0.15) is 0 Å². The molecule has 0 aromatic carbocycles. The molecule has 0 atom stereocenters. The molecule has 0 unspecified atom stereocenters. The zero-order chi connectivity index (χ0) is 9.07. The van der Waals surface area contributed by atoms with Crippen LogP contribution in [-0.4, -0.2) is 23.3 Å². The SMILES string of the molecule is [CH2]C(O)(OC(C)C)OC(C)C. The summed E-state index contributed by atoms with van der Waals surface area (Å²) < 4.78 is 9.94. The molecule has 0 saturated carbocycles. The minimum atomic E-state index is -1.71. The van der Waals surface area contributed by atoms with Gasteiger partial charge in [-0.05, 0) is 27.7 Å². The fraction of sp³-hybridized carbons (Fsp3) is 0.875. The van der Waals surface area contributed by atoms with Crippen molar-refractivity contribution in [2.75, 3.05) is 0 Å². The van der Waals surface area contributed by atoms with Crippen LogP contribution in [0.1, 0.15) is 27.7 Å². The van der Waals surface area contributed by atoms with Gasteiger partial charge in [0.05, 0.1) is 12.2 Å². The van der Waals surface area contributed by atoms with Crippen LogP contribution >= 0.6 is 0 Å². The lowest BCUT2D eigenvalue weighted by atomic mass is 10.4. The normalized spacial score (nSPS) is 13.1. The number of ether oxygens (including phenoxy) is 2. The summed E-state index contributed by atoms with van der Waals surface area (Å²) in [4.78, 5) is 0. The monoisotopic (exact) mass is 161 g/mol. The van der Waals surface area contributed by atoms with Crippen LogP contribution in [-0.2, 0) is 9.47 Å². The number of hydrogen-bond donors (Lipinski definition) is 1. The second-order valence-electron chi connectivity index (χ2n) is 3.05. The highest BCUT2D eigenvalue weighted by Gasteiger charge is 2.24. The molecule has 0 aliphatic carbocycles. The van der Waals surface area contributed by atoms with Crippen molar-refractivity contribution >= 4 is 0 Å². The molecule has 11 heavy (non-hydrogen) atoms. The molecule has 1 radical (unpaired) electrons. The minimum absolute atomic E-state index is 0.101. The van der Waals surface area contributed by atoms with Crippen molar-refractivity contribution in [1.29, 1.82) is 0 Å². The largest absolute Gasteiger partial charge is 0.343 e. The summed E-state index contributed by atoms with van der Waals surface area (Å²) in [6.45, 7) is 10.6. The molecule has 0 aliphatic rings. The van der Waals surface area contributed by atoms with E-state index in [4.69, 9.17) is 9.47 Å². The molecule has 1 N–H and O–H groups in total. The van der Waals surface area contributed by atoms with Crippen molar-refractivity contribution in [3.05, 3.63) is 6.92 Å². The van der Waals surface area contributed by atoms with E-state index in [1.54, 1.807) is 27.7 Å². The fourth-order valence-electron chi connectivity index (χ4n) is 0.764. The summed E-state index contributed by atoms with van der Waals surface area (Å²) in [7, 11) is 0. The molecule has 0 rings (SSSR count). The van der Waals surface area contributed by atoms with Gasteiger partial charge in [-0.3, -0.25) is 0 Å². The second-order valence-corrected chi connectivity index (χ2v) is 3.05. The van der Waals surface area contributed by atoms with Crippen LogP contribution < -0.4 is 0 Å². The van der Waals surface area contributed by atoms with Crippen molar-refractivity contribution in [3.8, 4) is 0 Å². The van der Waals surface area contributed by atoms with Crippen LogP contribution in [0.25, 0.3) is 0 Å². The Morgan fingerprint density at radius 3 is 1.55 bits per heavy atom. The van der Waals surface area contributed by atoms with E-state index in [9.17, 15) is 5.11 Å². The standard InChI is InChI=1S/C8H17O3/c1-6(2)10-8(5,9)11-7(3)4/h6-7,9H,5H2,1-4H3. The summed E-state index contributed by atoms with van der Waals surface area (Å²) in [5, 5.41) is 9.30. The quantitative estimate of drug-likeness (QED) is 0.632. The summed E-state index contributed by atoms with van der Waals surface area (Å²) >= 11 is 0. The average molecular weight is 161 g/mol. The van der Waals surface area contributed by atoms with Crippen molar-refractivity contribution in [3.63, 3.8) is 0 Å². The lowest BCUT2D eigenvalue weighted by molar-refractivity contribution is -0.353. The summed E-state index contributed by atoms with van der Waals surface area (Å²) in [5.74, 6) is -1.71. The molecule has 0 bridgehead atoms. The first-order chi connectivity index (χ1) is 4.83. The molecule has 0 aromatic rings. The molecular formula is C8H17O3. The van der Waals surface area contributed by atoms with Gasteiger partial charge in [0.2, 0.25) is 0 Å². The maximum absolute atomic E-state index is 9.30. The van der Waals surface area contributed by atoms with E-state index in [0.29, 0.717) is 0 Å². The third kappa shape index (κ3) is 6.28. The first-order valence-corrected chi connectivity index (χ1v) is 3.77. The molecule has 0 aromatic heterocycles. The molecule has 3 nitrogen and oxygen atoms in total. The van der Waals surface area contributed by atoms with Gasteiger partial charge in [0.15, 0.2) is 0 Å². The Hall–Kier alpha value is -0.120. The Balaban J connectivity index is 3.79. The Bertz CT molecular complexity index is 95.9. The summed E-state index contributed by atoms with van der Waals surface area (Å²) in [6.07, 6.45) is -0.201. The molecular weight excluding hydrogens is 144 g/mol. The second kappa shape index (κ2) is 4.04. The van der Waals surface area contributed by atoms with Gasteiger partial charge in [0.1, 0.15) is 0 Å². The molecule has 0 spiro atoms. The summed E-state index contributed by atoms with van der Waals surface area (Å²) in [6, 6.07) is 0. The third-order valence-electron chi connectivity index (χ3n) is 0.840. The van der Waals surface area contributed by atoms with Crippen LogP contribution in [0.3, 0.4) is 0 Å². The van der Waals surface area contributed by atoms with Crippen molar-refractivity contribution in [2.24, 2.45) is 0 Å². The predicted octanol–water partition coefficient (Wildman–Crippen LogP) is 1.32. The predicted molar refractivity (Wildman–Crippen MR) is 42.7 cm³/mol. The average Bonchev–Trinajstić information content (AvgIpc) is 1.53. The van der Waals surface area contributed by atoms with E-state index in [1.807, 2.05) is 0 Å². The Labute approximate surface area is 68.3 Å². The highest BCUT2D eigenvalue weighted by Crippen LogP contribution is 2.12. The van der Waals surface area contributed by atoms with Gasteiger partial charge < -0.3 is 14.6 Å². The maximum Gasteiger partial charge on any atom is 0.281 e. The minimum Gasteiger partial charge on any atom is -0.343 e. The molecule has 0 amide bonds. The lowest BCUT2D eigenvalue weighted by Crippen LogP contribution is -2.37. The van der Waals surface area contributed by atoms with Gasteiger partial charge in [-0.1, -0.05) is 0 Å². The van der Waals surface area contributed by atoms with Crippen molar-refractivity contribution in [2.45, 2.75) is 45.9 Å². The first kappa shape index (κ1) is 10.9. The van der Waals surface area contributed by atoms with Crippen molar-refractivity contribution < 1.29 is 14.6 Å². The van der Waals surface area contributed by atoms with Crippen LogP contribution in [0.15, 0.2) is 0 Å². The van der Waals surface area contributed by atoms with Crippen LogP contribution in [0, 0.1) is 6.92 Å². The van der Waals surface area contributed by atoms with E-state index in [0.717, 1.165) is 0 Å². The molecule has 0 fully saturated rings. The Morgan fingerprint density at radius 2 is 1.36 bits per heavy atom. The van der Waals surface area contributed by atoms with E-state index >= 15 is 0 Å². The number of rotatable bonds is 4. The zero-order valence-electron chi connectivity index (χ0n) is 7.63.